The van der Waals surface area contributed by atoms with Crippen molar-refractivity contribution >= 4 is 11.9 Å². The monoisotopic (exact) mass is 171 g/mol. The van der Waals surface area contributed by atoms with E-state index in [4.69, 9.17) is 9.84 Å². The summed E-state index contributed by atoms with van der Waals surface area (Å²) in [4.78, 5) is 21.5. The molecule has 0 aromatic carbocycles. The van der Waals surface area contributed by atoms with Crippen LogP contribution in [0.25, 0.3) is 0 Å². The Bertz CT molecular complexity index is 240. The van der Waals surface area contributed by atoms with Crippen LogP contribution in [0.4, 0.5) is 0 Å². The molecule has 3 unspecified atom stereocenters. The molecule has 1 amide bonds. The molecule has 0 spiro atoms. The molecule has 2 N–H and O–H groups in total. The lowest BCUT2D eigenvalue weighted by Gasteiger charge is -2.09. The highest BCUT2D eigenvalue weighted by atomic mass is 16.5. The number of rotatable bonds is 1. The summed E-state index contributed by atoms with van der Waals surface area (Å²) in [5.74, 6) is -1.21. The molecule has 2 aliphatic rings. The van der Waals surface area contributed by atoms with Crippen LogP contribution >= 0.6 is 0 Å². The van der Waals surface area contributed by atoms with E-state index in [2.05, 4.69) is 5.32 Å². The molecule has 5 nitrogen and oxygen atoms in total. The minimum Gasteiger partial charge on any atom is -0.479 e. The molecule has 0 bridgehead atoms. The number of carbonyl (C=O) groups is 2. The van der Waals surface area contributed by atoms with Gasteiger partial charge in [-0.15, -0.1) is 0 Å². The number of carboxylic acid groups (broad SMARTS) is 1. The molecule has 2 heterocycles. The summed E-state index contributed by atoms with van der Waals surface area (Å²) in [7, 11) is 0. The predicted octanol–water partition coefficient (Wildman–Crippen LogP) is -1.03. The van der Waals surface area contributed by atoms with Crippen molar-refractivity contribution in [3.8, 4) is 0 Å². The lowest BCUT2D eigenvalue weighted by atomic mass is 9.97. The lowest BCUT2D eigenvalue weighted by molar-refractivity contribution is -0.149. The van der Waals surface area contributed by atoms with Crippen molar-refractivity contribution in [3.05, 3.63) is 0 Å². The first-order valence-corrected chi connectivity index (χ1v) is 3.82. The van der Waals surface area contributed by atoms with Crippen LogP contribution in [0.3, 0.4) is 0 Å². The van der Waals surface area contributed by atoms with Gasteiger partial charge in [0.2, 0.25) is 5.91 Å². The molecule has 3 atom stereocenters. The fourth-order valence-electron chi connectivity index (χ4n) is 1.80. The Kier molecular flexibility index (Phi) is 1.54. The summed E-state index contributed by atoms with van der Waals surface area (Å²) in [6, 6.07) is -0.0846. The fourth-order valence-corrected chi connectivity index (χ4v) is 1.80. The number of amides is 1. The molecule has 2 saturated heterocycles. The van der Waals surface area contributed by atoms with Crippen molar-refractivity contribution < 1.29 is 19.4 Å². The SMILES string of the molecule is O=C1CC2C(COC2C(=O)O)N1. The van der Waals surface area contributed by atoms with Crippen LogP contribution in [0.5, 0.6) is 0 Å². The van der Waals surface area contributed by atoms with Crippen LogP contribution in [-0.2, 0) is 14.3 Å². The van der Waals surface area contributed by atoms with E-state index in [1.54, 1.807) is 0 Å². The van der Waals surface area contributed by atoms with Crippen LogP contribution in [-0.4, -0.2) is 35.7 Å². The topological polar surface area (TPSA) is 75.6 Å². The zero-order valence-electron chi connectivity index (χ0n) is 6.32. The molecule has 66 valence electrons. The smallest absolute Gasteiger partial charge is 0.333 e. The quantitative estimate of drug-likeness (QED) is 0.529. The summed E-state index contributed by atoms with van der Waals surface area (Å²) in [5, 5.41) is 11.4. The lowest BCUT2D eigenvalue weighted by Crippen LogP contribution is -2.31. The third-order valence-corrected chi connectivity index (χ3v) is 2.37. The van der Waals surface area contributed by atoms with Gasteiger partial charge in [-0.05, 0) is 0 Å². The van der Waals surface area contributed by atoms with Gasteiger partial charge in [0.15, 0.2) is 6.10 Å². The van der Waals surface area contributed by atoms with E-state index in [1.807, 2.05) is 0 Å². The highest BCUT2D eigenvalue weighted by Gasteiger charge is 2.47. The molecular weight excluding hydrogens is 162 g/mol. The van der Waals surface area contributed by atoms with Crippen LogP contribution in [0.2, 0.25) is 0 Å². The summed E-state index contributed by atoms with van der Waals surface area (Å²) in [6.07, 6.45) is -0.518. The molecule has 12 heavy (non-hydrogen) atoms. The van der Waals surface area contributed by atoms with Gasteiger partial charge in [-0.1, -0.05) is 0 Å². The maximum Gasteiger partial charge on any atom is 0.333 e. The van der Waals surface area contributed by atoms with Crippen molar-refractivity contribution in [1.82, 2.24) is 5.32 Å². The van der Waals surface area contributed by atoms with Gasteiger partial charge >= 0.3 is 5.97 Å². The number of ether oxygens (including phenoxy) is 1. The third-order valence-electron chi connectivity index (χ3n) is 2.37. The third kappa shape index (κ3) is 0.972. The highest BCUT2D eigenvalue weighted by molar-refractivity contribution is 5.82. The predicted molar refractivity (Wildman–Crippen MR) is 37.4 cm³/mol. The van der Waals surface area contributed by atoms with Gasteiger partial charge in [0.05, 0.1) is 12.6 Å². The van der Waals surface area contributed by atoms with Gasteiger partial charge < -0.3 is 15.2 Å². The molecule has 2 fully saturated rings. The maximum atomic E-state index is 10.9. The average Bonchev–Trinajstić information content (AvgIpc) is 2.43. The number of fused-ring (bicyclic) bond motifs is 1. The molecule has 0 aliphatic carbocycles. The average molecular weight is 171 g/mol. The molecule has 0 aromatic heterocycles. The maximum absolute atomic E-state index is 10.9. The van der Waals surface area contributed by atoms with Gasteiger partial charge in [0.25, 0.3) is 0 Å². The molecular formula is C7H9NO4. The Labute approximate surface area is 68.7 Å². The summed E-state index contributed by atoms with van der Waals surface area (Å²) >= 11 is 0. The summed E-state index contributed by atoms with van der Waals surface area (Å²) < 4.78 is 5.02. The zero-order chi connectivity index (χ0) is 8.72. The number of hydrogen-bond acceptors (Lipinski definition) is 3. The first-order valence-electron chi connectivity index (χ1n) is 3.82. The molecule has 2 aliphatic heterocycles. The van der Waals surface area contributed by atoms with E-state index < -0.39 is 12.1 Å². The second-order valence-corrected chi connectivity index (χ2v) is 3.13. The Morgan fingerprint density at radius 1 is 1.67 bits per heavy atom. The van der Waals surface area contributed by atoms with E-state index in [9.17, 15) is 9.59 Å². The van der Waals surface area contributed by atoms with Gasteiger partial charge in [-0.25, -0.2) is 4.79 Å². The van der Waals surface area contributed by atoms with Crippen molar-refractivity contribution in [1.29, 1.82) is 0 Å². The number of carbonyl (C=O) groups excluding carboxylic acids is 1. The largest absolute Gasteiger partial charge is 0.479 e. The van der Waals surface area contributed by atoms with Crippen LogP contribution in [0.15, 0.2) is 0 Å². The normalized spacial score (nSPS) is 39.3. The Morgan fingerprint density at radius 3 is 3.08 bits per heavy atom. The van der Waals surface area contributed by atoms with Crippen molar-refractivity contribution in [2.75, 3.05) is 6.61 Å². The van der Waals surface area contributed by atoms with Gasteiger partial charge in [-0.2, -0.15) is 0 Å². The van der Waals surface area contributed by atoms with E-state index in [1.165, 1.54) is 0 Å². The highest BCUT2D eigenvalue weighted by Crippen LogP contribution is 2.29. The van der Waals surface area contributed by atoms with E-state index in [-0.39, 0.29) is 24.3 Å². The van der Waals surface area contributed by atoms with Crippen LogP contribution in [0, 0.1) is 5.92 Å². The molecule has 0 radical (unpaired) electrons. The molecule has 5 heteroatoms. The van der Waals surface area contributed by atoms with Crippen molar-refractivity contribution in [3.63, 3.8) is 0 Å². The van der Waals surface area contributed by atoms with Gasteiger partial charge in [0, 0.05) is 12.3 Å². The van der Waals surface area contributed by atoms with Gasteiger partial charge in [0.1, 0.15) is 0 Å². The summed E-state index contributed by atoms with van der Waals surface area (Å²) in [5.41, 5.74) is 0. The first-order chi connectivity index (χ1) is 5.68. The molecule has 0 aromatic rings. The molecule has 2 rings (SSSR count). The number of carboxylic acids is 1. The van der Waals surface area contributed by atoms with Crippen molar-refractivity contribution in [2.24, 2.45) is 5.92 Å². The van der Waals surface area contributed by atoms with E-state index in [0.29, 0.717) is 6.61 Å². The van der Waals surface area contributed by atoms with Gasteiger partial charge in [-0.3, -0.25) is 4.79 Å². The Morgan fingerprint density at radius 2 is 2.42 bits per heavy atom. The zero-order valence-corrected chi connectivity index (χ0v) is 6.32. The van der Waals surface area contributed by atoms with E-state index in [0.717, 1.165) is 0 Å². The minimum absolute atomic E-state index is 0.0699. The Hall–Kier alpha value is -1.10. The van der Waals surface area contributed by atoms with Crippen LogP contribution < -0.4 is 5.32 Å². The number of nitrogens with one attached hydrogen (secondary N) is 1. The second kappa shape index (κ2) is 2.45. The summed E-state index contributed by atoms with van der Waals surface area (Å²) in [6.45, 7) is 0.327. The standard InChI is InChI=1S/C7H9NO4/c9-5-1-3-4(8-5)2-12-6(3)7(10)11/h3-4,6H,1-2H2,(H,8,9)(H,10,11). The number of hydrogen-bond donors (Lipinski definition) is 2. The second-order valence-electron chi connectivity index (χ2n) is 3.13. The molecule has 0 saturated carbocycles. The fraction of sp³-hybridized carbons (Fsp3) is 0.714. The minimum atomic E-state index is -0.973. The van der Waals surface area contributed by atoms with Crippen molar-refractivity contribution in [2.45, 2.75) is 18.6 Å². The number of aliphatic carboxylic acids is 1. The Balaban J connectivity index is 2.13. The van der Waals surface area contributed by atoms with Crippen LogP contribution in [0.1, 0.15) is 6.42 Å². The van der Waals surface area contributed by atoms with E-state index >= 15 is 0 Å². The first kappa shape index (κ1) is 7.54.